The van der Waals surface area contributed by atoms with Gasteiger partial charge < -0.3 is 10.6 Å². The topological polar surface area (TPSA) is 90.7 Å². The molecule has 0 bridgehead atoms. The molecular weight excluding hydrogens is 278 g/mol. The minimum absolute atomic E-state index is 0.263. The maximum atomic E-state index is 12.3. The molecule has 1 aromatic carbocycles. The Balaban J connectivity index is 2.22. The van der Waals surface area contributed by atoms with Gasteiger partial charge in [-0.15, -0.1) is 0 Å². The van der Waals surface area contributed by atoms with Gasteiger partial charge in [0, 0.05) is 12.6 Å². The molecule has 0 aliphatic heterocycles. The molecule has 2 aromatic rings. The van der Waals surface area contributed by atoms with Gasteiger partial charge in [-0.3, -0.25) is 4.79 Å². The average molecular weight is 295 g/mol. The second kappa shape index (κ2) is 7.18. The van der Waals surface area contributed by atoms with E-state index in [1.165, 1.54) is 0 Å². The molecule has 0 spiro atoms. The summed E-state index contributed by atoms with van der Waals surface area (Å²) in [7, 11) is 0. The van der Waals surface area contributed by atoms with Gasteiger partial charge in [0.05, 0.1) is 11.3 Å². The first-order valence-corrected chi connectivity index (χ1v) is 7.04. The Morgan fingerprint density at radius 1 is 1.32 bits per heavy atom. The molecule has 1 amide bonds. The number of nitriles is 1. The summed E-state index contributed by atoms with van der Waals surface area (Å²) >= 11 is 0. The van der Waals surface area contributed by atoms with E-state index in [4.69, 9.17) is 5.26 Å². The van der Waals surface area contributed by atoms with Gasteiger partial charge in [0.2, 0.25) is 0 Å². The van der Waals surface area contributed by atoms with Crippen molar-refractivity contribution in [3.05, 3.63) is 47.4 Å². The second-order valence-corrected chi connectivity index (χ2v) is 4.72. The van der Waals surface area contributed by atoms with Crippen molar-refractivity contribution in [1.29, 1.82) is 5.26 Å². The van der Waals surface area contributed by atoms with Crippen LogP contribution in [0.5, 0.6) is 0 Å². The van der Waals surface area contributed by atoms with Crippen molar-refractivity contribution in [2.45, 2.75) is 20.3 Å². The van der Waals surface area contributed by atoms with Gasteiger partial charge in [-0.05, 0) is 25.5 Å². The lowest BCUT2D eigenvalue weighted by Crippen LogP contribution is -2.16. The summed E-state index contributed by atoms with van der Waals surface area (Å²) in [5, 5.41) is 14.9. The highest BCUT2D eigenvalue weighted by molar-refractivity contribution is 6.03. The molecule has 112 valence electrons. The number of aryl methyl sites for hydroxylation is 1. The van der Waals surface area contributed by atoms with E-state index in [-0.39, 0.29) is 11.6 Å². The van der Waals surface area contributed by atoms with Crippen molar-refractivity contribution < 1.29 is 4.79 Å². The summed E-state index contributed by atoms with van der Waals surface area (Å²) in [4.78, 5) is 20.7. The standard InChI is InChI=1S/C16H17N5O/c1-3-8-18-15-9-14(19-11(2)20-15)16(22)21-13-7-5-4-6-12(13)10-17/h4-7,9H,3,8H2,1-2H3,(H,21,22)(H,18,19,20). The molecule has 2 N–H and O–H groups in total. The smallest absolute Gasteiger partial charge is 0.274 e. The van der Waals surface area contributed by atoms with Crippen LogP contribution in [-0.2, 0) is 0 Å². The third kappa shape index (κ3) is 3.79. The number of nitrogens with zero attached hydrogens (tertiary/aromatic N) is 3. The molecule has 0 saturated heterocycles. The SMILES string of the molecule is CCCNc1cc(C(=O)Nc2ccccc2C#N)nc(C)n1. The highest BCUT2D eigenvalue weighted by Crippen LogP contribution is 2.15. The van der Waals surface area contributed by atoms with Crippen LogP contribution in [0.4, 0.5) is 11.5 Å². The lowest BCUT2D eigenvalue weighted by Gasteiger charge is -2.09. The predicted octanol–water partition coefficient (Wildman–Crippen LogP) is 2.73. The molecule has 0 aliphatic rings. The monoisotopic (exact) mass is 295 g/mol. The highest BCUT2D eigenvalue weighted by atomic mass is 16.1. The normalized spacial score (nSPS) is 9.86. The Hall–Kier alpha value is -2.94. The third-order valence-corrected chi connectivity index (χ3v) is 2.92. The van der Waals surface area contributed by atoms with Gasteiger partial charge in [-0.1, -0.05) is 19.1 Å². The van der Waals surface area contributed by atoms with Crippen molar-refractivity contribution in [2.24, 2.45) is 0 Å². The maximum Gasteiger partial charge on any atom is 0.274 e. The summed E-state index contributed by atoms with van der Waals surface area (Å²) in [5.41, 5.74) is 1.14. The van der Waals surface area contributed by atoms with Crippen LogP contribution in [0.25, 0.3) is 0 Å². The first-order chi connectivity index (χ1) is 10.6. The van der Waals surface area contributed by atoms with E-state index in [1.54, 1.807) is 37.3 Å². The fourth-order valence-electron chi connectivity index (χ4n) is 1.90. The second-order valence-electron chi connectivity index (χ2n) is 4.72. The van der Waals surface area contributed by atoms with Crippen LogP contribution in [0.2, 0.25) is 0 Å². The fourth-order valence-corrected chi connectivity index (χ4v) is 1.90. The van der Waals surface area contributed by atoms with Crippen molar-refractivity contribution >= 4 is 17.4 Å². The first-order valence-electron chi connectivity index (χ1n) is 7.04. The Bertz CT molecular complexity index is 721. The lowest BCUT2D eigenvalue weighted by atomic mass is 10.2. The highest BCUT2D eigenvalue weighted by Gasteiger charge is 2.12. The molecule has 2 rings (SSSR count). The molecule has 1 heterocycles. The van der Waals surface area contributed by atoms with Gasteiger partial charge in [-0.25, -0.2) is 9.97 Å². The summed E-state index contributed by atoms with van der Waals surface area (Å²) in [6.07, 6.45) is 0.958. The fraction of sp³-hybridized carbons (Fsp3) is 0.250. The number of hydrogen-bond donors (Lipinski definition) is 2. The van der Waals surface area contributed by atoms with Gasteiger partial charge >= 0.3 is 0 Å². The van der Waals surface area contributed by atoms with E-state index in [9.17, 15) is 4.79 Å². The van der Waals surface area contributed by atoms with E-state index < -0.39 is 0 Å². The van der Waals surface area contributed by atoms with Crippen LogP contribution in [-0.4, -0.2) is 22.4 Å². The van der Waals surface area contributed by atoms with E-state index in [0.29, 0.717) is 22.9 Å². The molecule has 0 saturated carbocycles. The van der Waals surface area contributed by atoms with Crippen LogP contribution in [0, 0.1) is 18.3 Å². The Kier molecular flexibility index (Phi) is 5.04. The number of benzene rings is 1. The van der Waals surface area contributed by atoms with Crippen LogP contribution in [0.1, 0.15) is 35.2 Å². The number of hydrogen-bond acceptors (Lipinski definition) is 5. The zero-order valence-corrected chi connectivity index (χ0v) is 12.6. The van der Waals surface area contributed by atoms with Crippen LogP contribution < -0.4 is 10.6 Å². The third-order valence-electron chi connectivity index (χ3n) is 2.92. The number of anilines is 2. The number of amides is 1. The van der Waals surface area contributed by atoms with Gasteiger partial charge in [-0.2, -0.15) is 5.26 Å². The Morgan fingerprint density at radius 2 is 2.09 bits per heavy atom. The number of carbonyl (C=O) groups excluding carboxylic acids is 1. The molecule has 6 nitrogen and oxygen atoms in total. The Morgan fingerprint density at radius 3 is 2.82 bits per heavy atom. The van der Waals surface area contributed by atoms with E-state index in [2.05, 4.69) is 20.6 Å². The van der Waals surface area contributed by atoms with Crippen LogP contribution in [0.3, 0.4) is 0 Å². The van der Waals surface area contributed by atoms with Gasteiger partial charge in [0.25, 0.3) is 5.91 Å². The zero-order valence-electron chi connectivity index (χ0n) is 12.6. The summed E-state index contributed by atoms with van der Waals surface area (Å²) in [5.74, 6) is 0.764. The van der Waals surface area contributed by atoms with Crippen molar-refractivity contribution in [3.8, 4) is 6.07 Å². The van der Waals surface area contributed by atoms with E-state index in [1.807, 2.05) is 13.0 Å². The number of aromatic nitrogens is 2. The molecule has 0 aliphatic carbocycles. The molecule has 0 atom stereocenters. The minimum atomic E-state index is -0.368. The van der Waals surface area contributed by atoms with E-state index in [0.717, 1.165) is 13.0 Å². The molecule has 0 fully saturated rings. The quantitative estimate of drug-likeness (QED) is 0.885. The van der Waals surface area contributed by atoms with Crippen molar-refractivity contribution in [2.75, 3.05) is 17.2 Å². The largest absolute Gasteiger partial charge is 0.370 e. The molecule has 6 heteroatoms. The summed E-state index contributed by atoms with van der Waals surface area (Å²) in [6, 6.07) is 10.5. The van der Waals surface area contributed by atoms with Crippen LogP contribution >= 0.6 is 0 Å². The van der Waals surface area contributed by atoms with Gasteiger partial charge in [0.15, 0.2) is 0 Å². The van der Waals surface area contributed by atoms with E-state index >= 15 is 0 Å². The predicted molar refractivity (Wildman–Crippen MR) is 84.7 cm³/mol. The summed E-state index contributed by atoms with van der Waals surface area (Å²) < 4.78 is 0. The average Bonchev–Trinajstić information content (AvgIpc) is 2.53. The molecule has 0 unspecified atom stereocenters. The van der Waals surface area contributed by atoms with Crippen molar-refractivity contribution in [3.63, 3.8) is 0 Å². The minimum Gasteiger partial charge on any atom is -0.370 e. The number of nitrogens with one attached hydrogen (secondary N) is 2. The number of rotatable bonds is 5. The van der Waals surface area contributed by atoms with Crippen LogP contribution in [0.15, 0.2) is 30.3 Å². The van der Waals surface area contributed by atoms with Crippen molar-refractivity contribution in [1.82, 2.24) is 9.97 Å². The van der Waals surface area contributed by atoms with Gasteiger partial charge in [0.1, 0.15) is 23.4 Å². The lowest BCUT2D eigenvalue weighted by molar-refractivity contribution is 0.102. The molecule has 22 heavy (non-hydrogen) atoms. The number of para-hydroxylation sites is 1. The maximum absolute atomic E-state index is 12.3. The molecule has 0 radical (unpaired) electrons. The number of carbonyl (C=O) groups is 1. The Labute approximate surface area is 129 Å². The molecule has 1 aromatic heterocycles. The zero-order chi connectivity index (χ0) is 15.9. The molecular formula is C16H17N5O. The first kappa shape index (κ1) is 15.4. The summed E-state index contributed by atoms with van der Waals surface area (Å²) in [6.45, 7) is 4.55.